The van der Waals surface area contributed by atoms with E-state index in [9.17, 15) is 4.79 Å². The molecule has 1 aromatic carbocycles. The molecule has 0 atom stereocenters. The Hall–Kier alpha value is -2.79. The summed E-state index contributed by atoms with van der Waals surface area (Å²) in [4.78, 5) is 14.8. The number of aryl methyl sites for hydroxylation is 2. The minimum absolute atomic E-state index is 0.0382. The molecule has 142 valence electrons. The minimum Gasteiger partial charge on any atom is -0.468 e. The monoisotopic (exact) mass is 366 g/mol. The number of carbonyl (C=O) groups excluding carboxylic acids is 1. The summed E-state index contributed by atoms with van der Waals surface area (Å²) in [6.07, 6.45) is 5.05. The number of carbonyl (C=O) groups is 1. The molecule has 0 aliphatic carbocycles. The Morgan fingerprint density at radius 3 is 1.89 bits per heavy atom. The van der Waals surface area contributed by atoms with Gasteiger partial charge in [0.05, 0.1) is 32.2 Å². The number of anilines is 1. The van der Waals surface area contributed by atoms with Gasteiger partial charge in [-0.1, -0.05) is 32.0 Å². The van der Waals surface area contributed by atoms with Crippen molar-refractivity contribution in [3.63, 3.8) is 0 Å². The first-order valence-electron chi connectivity index (χ1n) is 9.37. The molecular formula is C22H26N2O3. The van der Waals surface area contributed by atoms with Crippen LogP contribution in [0.5, 0.6) is 0 Å². The Bertz CT molecular complexity index is 780. The van der Waals surface area contributed by atoms with Gasteiger partial charge in [0.2, 0.25) is 5.91 Å². The number of para-hydroxylation sites is 1. The lowest BCUT2D eigenvalue weighted by Crippen LogP contribution is -2.32. The Morgan fingerprint density at radius 1 is 0.889 bits per heavy atom. The third-order valence-corrected chi connectivity index (χ3v) is 4.55. The standard InChI is InChI=1S/C22H26N2O3/c1-3-17-8-5-9-18(4-2)22(17)23-21(25)16-24(14-19-10-6-12-26-19)15-20-11-7-13-27-20/h5-13H,3-4,14-16H2,1-2H3,(H,23,25). The first-order chi connectivity index (χ1) is 13.2. The number of nitrogens with one attached hydrogen (secondary N) is 1. The highest BCUT2D eigenvalue weighted by molar-refractivity contribution is 5.93. The molecule has 1 amide bonds. The topological polar surface area (TPSA) is 58.6 Å². The lowest BCUT2D eigenvalue weighted by Gasteiger charge is -2.21. The number of furan rings is 2. The fourth-order valence-electron chi connectivity index (χ4n) is 3.20. The highest BCUT2D eigenvalue weighted by Crippen LogP contribution is 2.22. The van der Waals surface area contributed by atoms with Crippen LogP contribution in [0.3, 0.4) is 0 Å². The molecule has 1 N–H and O–H groups in total. The predicted molar refractivity (Wildman–Crippen MR) is 105 cm³/mol. The first-order valence-corrected chi connectivity index (χ1v) is 9.37. The van der Waals surface area contributed by atoms with Gasteiger partial charge in [0, 0.05) is 5.69 Å². The maximum atomic E-state index is 12.8. The van der Waals surface area contributed by atoms with Crippen molar-refractivity contribution < 1.29 is 13.6 Å². The van der Waals surface area contributed by atoms with E-state index in [-0.39, 0.29) is 12.5 Å². The maximum Gasteiger partial charge on any atom is 0.238 e. The summed E-state index contributed by atoms with van der Waals surface area (Å²) in [5.74, 6) is 1.60. The molecule has 2 heterocycles. The van der Waals surface area contributed by atoms with E-state index >= 15 is 0 Å². The van der Waals surface area contributed by atoms with Crippen molar-refractivity contribution in [2.75, 3.05) is 11.9 Å². The van der Waals surface area contributed by atoms with E-state index in [2.05, 4.69) is 31.3 Å². The Kier molecular flexibility index (Phi) is 6.49. The van der Waals surface area contributed by atoms with Gasteiger partial charge in [-0.05, 0) is 48.2 Å². The van der Waals surface area contributed by atoms with Crippen molar-refractivity contribution in [2.45, 2.75) is 39.8 Å². The lowest BCUT2D eigenvalue weighted by molar-refractivity contribution is -0.117. The summed E-state index contributed by atoms with van der Waals surface area (Å²) < 4.78 is 10.9. The number of rotatable bonds is 9. The lowest BCUT2D eigenvalue weighted by atomic mass is 10.0. The van der Waals surface area contributed by atoms with Crippen LogP contribution in [-0.4, -0.2) is 17.4 Å². The Labute approximate surface area is 160 Å². The van der Waals surface area contributed by atoms with E-state index in [0.717, 1.165) is 41.2 Å². The van der Waals surface area contributed by atoms with E-state index in [1.807, 2.05) is 35.2 Å². The Morgan fingerprint density at radius 2 is 1.44 bits per heavy atom. The molecule has 0 aliphatic rings. The highest BCUT2D eigenvalue weighted by atomic mass is 16.3. The molecule has 0 saturated heterocycles. The van der Waals surface area contributed by atoms with Crippen LogP contribution in [0.25, 0.3) is 0 Å². The van der Waals surface area contributed by atoms with Crippen LogP contribution in [0.4, 0.5) is 5.69 Å². The largest absolute Gasteiger partial charge is 0.468 e. The summed E-state index contributed by atoms with van der Waals surface area (Å²) in [5.41, 5.74) is 3.26. The van der Waals surface area contributed by atoms with Gasteiger partial charge in [-0.15, -0.1) is 0 Å². The van der Waals surface area contributed by atoms with Gasteiger partial charge < -0.3 is 14.2 Å². The van der Waals surface area contributed by atoms with Crippen LogP contribution in [-0.2, 0) is 30.7 Å². The predicted octanol–water partition coefficient (Wildman–Crippen LogP) is 4.64. The molecule has 27 heavy (non-hydrogen) atoms. The quantitative estimate of drug-likeness (QED) is 0.599. The van der Waals surface area contributed by atoms with Crippen LogP contribution in [0.2, 0.25) is 0 Å². The molecular weight excluding hydrogens is 340 g/mol. The second kappa shape index (κ2) is 9.24. The molecule has 5 nitrogen and oxygen atoms in total. The van der Waals surface area contributed by atoms with Crippen LogP contribution in [0, 0.1) is 0 Å². The van der Waals surface area contributed by atoms with Crippen molar-refractivity contribution in [3.05, 3.63) is 77.6 Å². The maximum absolute atomic E-state index is 12.8. The summed E-state index contributed by atoms with van der Waals surface area (Å²) in [5, 5.41) is 3.13. The number of benzene rings is 1. The second-order valence-electron chi connectivity index (χ2n) is 6.51. The molecule has 3 rings (SSSR count). The van der Waals surface area contributed by atoms with E-state index in [0.29, 0.717) is 13.1 Å². The van der Waals surface area contributed by atoms with Crippen LogP contribution < -0.4 is 5.32 Å². The van der Waals surface area contributed by atoms with Gasteiger partial charge in [0.1, 0.15) is 11.5 Å². The third-order valence-electron chi connectivity index (χ3n) is 4.55. The first kappa shape index (κ1) is 19.0. The molecule has 0 aliphatic heterocycles. The molecule has 0 unspecified atom stereocenters. The zero-order valence-corrected chi connectivity index (χ0v) is 15.9. The summed E-state index contributed by atoms with van der Waals surface area (Å²) in [6.45, 7) is 5.53. The number of hydrogen-bond donors (Lipinski definition) is 1. The van der Waals surface area contributed by atoms with Gasteiger partial charge in [0.25, 0.3) is 0 Å². The number of nitrogens with zero attached hydrogens (tertiary/aromatic N) is 1. The van der Waals surface area contributed by atoms with Crippen LogP contribution >= 0.6 is 0 Å². The molecule has 2 aromatic heterocycles. The molecule has 5 heteroatoms. The van der Waals surface area contributed by atoms with Crippen LogP contribution in [0.15, 0.2) is 63.8 Å². The third kappa shape index (κ3) is 5.11. The zero-order valence-electron chi connectivity index (χ0n) is 15.9. The normalized spacial score (nSPS) is 11.1. The van der Waals surface area contributed by atoms with E-state index in [1.165, 1.54) is 0 Å². The van der Waals surface area contributed by atoms with E-state index < -0.39 is 0 Å². The van der Waals surface area contributed by atoms with E-state index in [4.69, 9.17) is 8.83 Å². The van der Waals surface area contributed by atoms with Crippen molar-refractivity contribution >= 4 is 11.6 Å². The summed E-state index contributed by atoms with van der Waals surface area (Å²) in [6, 6.07) is 13.7. The fourth-order valence-corrected chi connectivity index (χ4v) is 3.20. The zero-order chi connectivity index (χ0) is 19.1. The van der Waals surface area contributed by atoms with Crippen molar-refractivity contribution in [1.82, 2.24) is 4.90 Å². The van der Waals surface area contributed by atoms with Crippen molar-refractivity contribution in [3.8, 4) is 0 Å². The fraction of sp³-hybridized carbons (Fsp3) is 0.318. The van der Waals surface area contributed by atoms with Crippen molar-refractivity contribution in [2.24, 2.45) is 0 Å². The summed E-state index contributed by atoms with van der Waals surface area (Å²) >= 11 is 0. The van der Waals surface area contributed by atoms with Gasteiger partial charge in [-0.25, -0.2) is 0 Å². The van der Waals surface area contributed by atoms with E-state index in [1.54, 1.807) is 12.5 Å². The number of hydrogen-bond acceptors (Lipinski definition) is 4. The highest BCUT2D eigenvalue weighted by Gasteiger charge is 2.16. The molecule has 3 aromatic rings. The molecule has 0 fully saturated rings. The minimum atomic E-state index is -0.0382. The average molecular weight is 366 g/mol. The van der Waals surface area contributed by atoms with Gasteiger partial charge in [0.15, 0.2) is 0 Å². The van der Waals surface area contributed by atoms with Crippen molar-refractivity contribution in [1.29, 1.82) is 0 Å². The molecule has 0 saturated carbocycles. The average Bonchev–Trinajstić information content (AvgIpc) is 3.36. The van der Waals surface area contributed by atoms with Gasteiger partial charge >= 0.3 is 0 Å². The smallest absolute Gasteiger partial charge is 0.238 e. The van der Waals surface area contributed by atoms with Gasteiger partial charge in [-0.2, -0.15) is 0 Å². The number of amides is 1. The summed E-state index contributed by atoms with van der Waals surface area (Å²) in [7, 11) is 0. The van der Waals surface area contributed by atoms with Crippen LogP contribution in [0.1, 0.15) is 36.5 Å². The molecule has 0 bridgehead atoms. The second-order valence-corrected chi connectivity index (χ2v) is 6.51. The van der Waals surface area contributed by atoms with Gasteiger partial charge in [-0.3, -0.25) is 9.69 Å². The Balaban J connectivity index is 1.72. The molecule has 0 spiro atoms. The SMILES string of the molecule is CCc1cccc(CC)c1NC(=O)CN(Cc1ccco1)Cc1ccco1. The molecule has 0 radical (unpaired) electrons.